The summed E-state index contributed by atoms with van der Waals surface area (Å²) in [6.07, 6.45) is -1.94. The fourth-order valence-corrected chi connectivity index (χ4v) is 2.27. The van der Waals surface area contributed by atoms with Gasteiger partial charge in [0.1, 0.15) is 0 Å². The van der Waals surface area contributed by atoms with E-state index in [0.29, 0.717) is 6.42 Å². The van der Waals surface area contributed by atoms with E-state index in [1.54, 1.807) is 0 Å². The first kappa shape index (κ1) is 18.2. The molecule has 0 rings (SSSR count). The summed E-state index contributed by atoms with van der Waals surface area (Å²) in [4.78, 5) is 11.1. The summed E-state index contributed by atoms with van der Waals surface area (Å²) < 4.78 is 61.8. The Morgan fingerprint density at radius 3 is 2.21 bits per heavy atom. The molecule has 0 aromatic carbocycles. The van der Waals surface area contributed by atoms with E-state index in [0.717, 1.165) is 25.7 Å². The van der Waals surface area contributed by atoms with Gasteiger partial charge in [0, 0.05) is 6.42 Å². The van der Waals surface area contributed by atoms with Gasteiger partial charge in [-0.15, -0.1) is 0 Å². The standard InChI is InChI=1S/C11H19F3O4S/c1-2-3-4-5-6-7-10(15)18-19(16,17)9-8-11(12,13)14/h2-9H2,1H3. The Kier molecular flexibility index (Phi) is 8.05. The van der Waals surface area contributed by atoms with Gasteiger partial charge >= 0.3 is 22.3 Å². The zero-order chi connectivity index (χ0) is 14.9. The summed E-state index contributed by atoms with van der Waals surface area (Å²) in [6, 6.07) is 0. The number of alkyl halides is 3. The highest BCUT2D eigenvalue weighted by molar-refractivity contribution is 7.87. The SMILES string of the molecule is CCCCCCCC(=O)OS(=O)(=O)CCC(F)(F)F. The van der Waals surface area contributed by atoms with Gasteiger partial charge < -0.3 is 4.18 Å². The van der Waals surface area contributed by atoms with Crippen molar-refractivity contribution in [3.05, 3.63) is 0 Å². The maximum atomic E-state index is 11.8. The number of unbranched alkanes of at least 4 members (excludes halogenated alkanes) is 4. The molecule has 0 saturated heterocycles. The van der Waals surface area contributed by atoms with Crippen molar-refractivity contribution in [3.63, 3.8) is 0 Å². The summed E-state index contributed by atoms with van der Waals surface area (Å²) in [7, 11) is -4.43. The predicted octanol–water partition coefficient (Wildman–Crippen LogP) is 3.17. The van der Waals surface area contributed by atoms with E-state index >= 15 is 0 Å². The molecule has 0 unspecified atom stereocenters. The van der Waals surface area contributed by atoms with Gasteiger partial charge in [0.15, 0.2) is 0 Å². The van der Waals surface area contributed by atoms with E-state index in [9.17, 15) is 26.4 Å². The van der Waals surface area contributed by atoms with Crippen molar-refractivity contribution in [2.24, 2.45) is 0 Å². The Morgan fingerprint density at radius 1 is 1.11 bits per heavy atom. The molecule has 0 N–H and O–H groups in total. The van der Waals surface area contributed by atoms with Gasteiger partial charge in [-0.1, -0.05) is 32.6 Å². The highest BCUT2D eigenvalue weighted by Crippen LogP contribution is 2.20. The first-order valence-corrected chi connectivity index (χ1v) is 7.76. The van der Waals surface area contributed by atoms with Crippen LogP contribution in [0.4, 0.5) is 13.2 Å². The van der Waals surface area contributed by atoms with Crippen LogP contribution in [0.25, 0.3) is 0 Å². The van der Waals surface area contributed by atoms with Crippen LogP contribution >= 0.6 is 0 Å². The first-order chi connectivity index (χ1) is 8.66. The molecule has 0 aliphatic carbocycles. The molecule has 0 fully saturated rings. The van der Waals surface area contributed by atoms with Gasteiger partial charge in [-0.3, -0.25) is 4.79 Å². The van der Waals surface area contributed by atoms with E-state index in [-0.39, 0.29) is 6.42 Å². The highest BCUT2D eigenvalue weighted by Gasteiger charge is 2.31. The Hall–Kier alpha value is -0.790. The van der Waals surface area contributed by atoms with Crippen LogP contribution in [0, 0.1) is 0 Å². The van der Waals surface area contributed by atoms with Gasteiger partial charge in [-0.05, 0) is 6.42 Å². The van der Waals surface area contributed by atoms with E-state index in [2.05, 4.69) is 4.18 Å². The van der Waals surface area contributed by atoms with Crippen molar-refractivity contribution in [1.29, 1.82) is 0 Å². The van der Waals surface area contributed by atoms with E-state index in [1.165, 1.54) is 0 Å². The van der Waals surface area contributed by atoms with Gasteiger partial charge in [0.2, 0.25) is 0 Å². The summed E-state index contributed by atoms with van der Waals surface area (Å²) in [5.41, 5.74) is 0. The lowest BCUT2D eigenvalue weighted by atomic mass is 10.1. The molecule has 114 valence electrons. The third kappa shape index (κ3) is 12.0. The van der Waals surface area contributed by atoms with Crippen LogP contribution in [-0.4, -0.2) is 26.3 Å². The molecule has 0 saturated carbocycles. The molecule has 0 aliphatic rings. The Labute approximate surface area is 111 Å². The van der Waals surface area contributed by atoms with Crippen LogP contribution in [0.15, 0.2) is 0 Å². The Balaban J connectivity index is 3.90. The number of halogens is 3. The molecule has 0 atom stereocenters. The van der Waals surface area contributed by atoms with Crippen molar-refractivity contribution >= 4 is 16.1 Å². The van der Waals surface area contributed by atoms with Crippen molar-refractivity contribution in [2.75, 3.05) is 5.75 Å². The van der Waals surface area contributed by atoms with Crippen LogP contribution in [0.5, 0.6) is 0 Å². The topological polar surface area (TPSA) is 60.4 Å². The second kappa shape index (κ2) is 8.39. The van der Waals surface area contributed by atoms with Crippen molar-refractivity contribution in [3.8, 4) is 0 Å². The first-order valence-electron chi connectivity index (χ1n) is 6.18. The monoisotopic (exact) mass is 304 g/mol. The van der Waals surface area contributed by atoms with Crippen molar-refractivity contribution in [2.45, 2.75) is 58.0 Å². The third-order valence-corrected chi connectivity index (χ3v) is 3.48. The van der Waals surface area contributed by atoms with Crippen LogP contribution in [0.1, 0.15) is 51.9 Å². The summed E-state index contributed by atoms with van der Waals surface area (Å²) in [6.45, 7) is 2.03. The van der Waals surface area contributed by atoms with Gasteiger partial charge in [-0.2, -0.15) is 21.6 Å². The Morgan fingerprint density at radius 2 is 1.68 bits per heavy atom. The fourth-order valence-electron chi connectivity index (χ4n) is 1.34. The molecule has 0 aliphatic heterocycles. The van der Waals surface area contributed by atoms with Crippen LogP contribution < -0.4 is 0 Å². The van der Waals surface area contributed by atoms with E-state index in [1.807, 2.05) is 6.92 Å². The highest BCUT2D eigenvalue weighted by atomic mass is 32.2. The third-order valence-electron chi connectivity index (χ3n) is 2.34. The molecule has 4 nitrogen and oxygen atoms in total. The molecule has 0 radical (unpaired) electrons. The minimum absolute atomic E-state index is 0.0883. The summed E-state index contributed by atoms with van der Waals surface area (Å²) >= 11 is 0. The molecule has 19 heavy (non-hydrogen) atoms. The van der Waals surface area contributed by atoms with E-state index in [4.69, 9.17) is 0 Å². The zero-order valence-corrected chi connectivity index (χ0v) is 11.6. The lowest BCUT2D eigenvalue weighted by Crippen LogP contribution is -2.20. The molecule has 0 heterocycles. The minimum Gasteiger partial charge on any atom is -0.346 e. The maximum absolute atomic E-state index is 11.8. The van der Waals surface area contributed by atoms with Crippen LogP contribution in [0.2, 0.25) is 0 Å². The lowest BCUT2D eigenvalue weighted by Gasteiger charge is -2.07. The number of rotatable bonds is 9. The Bertz CT molecular complexity index is 363. The van der Waals surface area contributed by atoms with Gasteiger partial charge in [0.25, 0.3) is 0 Å². The summed E-state index contributed by atoms with van der Waals surface area (Å²) in [5.74, 6) is -2.21. The van der Waals surface area contributed by atoms with Crippen LogP contribution in [0.3, 0.4) is 0 Å². The normalized spacial score (nSPS) is 12.4. The zero-order valence-electron chi connectivity index (χ0n) is 10.8. The average Bonchev–Trinajstić information content (AvgIpc) is 2.25. The second-order valence-corrected chi connectivity index (χ2v) is 5.94. The number of carbonyl (C=O) groups excluding carboxylic acids is 1. The van der Waals surface area contributed by atoms with Crippen LogP contribution in [-0.2, 0) is 19.1 Å². The number of carbonyl (C=O) groups is 1. The minimum atomic E-state index is -4.58. The smallest absolute Gasteiger partial charge is 0.346 e. The molecule has 0 aromatic heterocycles. The molecule has 8 heteroatoms. The molecule has 0 bridgehead atoms. The predicted molar refractivity (Wildman–Crippen MR) is 63.9 cm³/mol. The van der Waals surface area contributed by atoms with E-state index < -0.39 is 34.4 Å². The molecule has 0 amide bonds. The lowest BCUT2D eigenvalue weighted by molar-refractivity contribution is -0.135. The molecular weight excluding hydrogens is 285 g/mol. The van der Waals surface area contributed by atoms with Crippen molar-refractivity contribution in [1.82, 2.24) is 0 Å². The fraction of sp³-hybridized carbons (Fsp3) is 0.909. The summed E-state index contributed by atoms with van der Waals surface area (Å²) in [5, 5.41) is 0. The maximum Gasteiger partial charge on any atom is 0.390 e. The number of hydrogen-bond acceptors (Lipinski definition) is 4. The molecule has 0 aromatic rings. The van der Waals surface area contributed by atoms with Gasteiger partial charge in [0.05, 0.1) is 12.2 Å². The van der Waals surface area contributed by atoms with Crippen molar-refractivity contribution < 1.29 is 30.6 Å². The molecular formula is C11H19F3O4S. The average molecular weight is 304 g/mol. The second-order valence-electron chi connectivity index (χ2n) is 4.25. The largest absolute Gasteiger partial charge is 0.390 e. The van der Waals surface area contributed by atoms with Gasteiger partial charge in [-0.25, -0.2) is 0 Å². The quantitative estimate of drug-likeness (QED) is 0.485. The molecule has 0 spiro atoms. The number of hydrogen-bond donors (Lipinski definition) is 0.